The zero-order chi connectivity index (χ0) is 23.4. The van der Waals surface area contributed by atoms with Crippen molar-refractivity contribution in [1.29, 1.82) is 0 Å². The molecule has 1 fully saturated rings. The van der Waals surface area contributed by atoms with Gasteiger partial charge in [-0.15, -0.1) is 12.4 Å². The zero-order valence-corrected chi connectivity index (χ0v) is 22.0. The van der Waals surface area contributed by atoms with E-state index in [2.05, 4.69) is 68.6 Å². The lowest BCUT2D eigenvalue weighted by molar-refractivity contribution is 0.222. The van der Waals surface area contributed by atoms with Gasteiger partial charge in [0.15, 0.2) is 5.65 Å². The van der Waals surface area contributed by atoms with Crippen molar-refractivity contribution >= 4 is 46.5 Å². The molecule has 0 spiro atoms. The Labute approximate surface area is 213 Å². The molecule has 0 amide bonds. The number of rotatable bonds is 9. The number of aromatic nitrogens is 4. The van der Waals surface area contributed by atoms with Crippen LogP contribution in [-0.4, -0.2) is 77.5 Å². The Balaban J connectivity index is 0.00000324. The van der Waals surface area contributed by atoms with Crippen molar-refractivity contribution in [3.8, 4) is 5.75 Å². The van der Waals surface area contributed by atoms with E-state index < -0.39 is 0 Å². The number of halogens is 2. The molecule has 2 aromatic heterocycles. The molecule has 0 unspecified atom stereocenters. The molecule has 34 heavy (non-hydrogen) atoms. The number of hydrogen-bond acceptors (Lipinski definition) is 7. The van der Waals surface area contributed by atoms with Gasteiger partial charge in [-0.25, -0.2) is 9.97 Å². The van der Waals surface area contributed by atoms with Gasteiger partial charge in [0.2, 0.25) is 0 Å². The molecular weight excluding hydrogens is 473 g/mol. The van der Waals surface area contributed by atoms with E-state index in [1.54, 1.807) is 6.33 Å². The van der Waals surface area contributed by atoms with Gasteiger partial charge in [0.1, 0.15) is 24.5 Å². The molecule has 4 rings (SSSR count). The van der Waals surface area contributed by atoms with Crippen LogP contribution in [0.5, 0.6) is 5.75 Å². The number of likely N-dealkylation sites (N-methyl/N-ethyl adjacent to an activating group) is 1. The van der Waals surface area contributed by atoms with E-state index in [-0.39, 0.29) is 12.4 Å². The van der Waals surface area contributed by atoms with Crippen molar-refractivity contribution in [3.63, 3.8) is 0 Å². The summed E-state index contributed by atoms with van der Waals surface area (Å²) in [6, 6.07) is 3.99. The zero-order valence-electron chi connectivity index (χ0n) is 20.5. The topological polar surface area (TPSA) is 73.4 Å². The fraction of sp³-hybridized carbons (Fsp3) is 0.542. The Morgan fingerprint density at radius 3 is 2.44 bits per heavy atom. The van der Waals surface area contributed by atoms with Crippen LogP contribution in [0.4, 0.5) is 11.5 Å². The third-order valence-electron chi connectivity index (χ3n) is 6.52. The summed E-state index contributed by atoms with van der Waals surface area (Å²) in [5, 5.41) is 9.19. The molecule has 8 nitrogen and oxygen atoms in total. The summed E-state index contributed by atoms with van der Waals surface area (Å²) in [4.78, 5) is 16.0. The minimum atomic E-state index is 0. The number of nitrogens with zero attached hydrogens (tertiary/aromatic N) is 6. The highest BCUT2D eigenvalue weighted by Crippen LogP contribution is 2.34. The molecule has 0 radical (unpaired) electrons. The van der Waals surface area contributed by atoms with E-state index in [9.17, 15) is 0 Å². The van der Waals surface area contributed by atoms with E-state index in [0.717, 1.165) is 91.8 Å². The number of hydrogen-bond donors (Lipinski definition) is 1. The second-order valence-corrected chi connectivity index (χ2v) is 8.78. The Morgan fingerprint density at radius 1 is 1.06 bits per heavy atom. The van der Waals surface area contributed by atoms with Gasteiger partial charge in [-0.3, -0.25) is 5.10 Å². The van der Waals surface area contributed by atoms with Gasteiger partial charge in [-0.05, 0) is 38.6 Å². The number of H-pyrrole nitrogens is 1. The molecule has 3 aromatic rings. The van der Waals surface area contributed by atoms with Crippen molar-refractivity contribution < 1.29 is 4.74 Å². The van der Waals surface area contributed by atoms with Crippen LogP contribution in [0.3, 0.4) is 0 Å². The summed E-state index contributed by atoms with van der Waals surface area (Å²) in [5.74, 6) is 1.84. The van der Waals surface area contributed by atoms with Crippen LogP contribution in [0, 0.1) is 6.92 Å². The molecular formula is C24H35Cl2N7O. The van der Waals surface area contributed by atoms with Gasteiger partial charge in [0, 0.05) is 49.0 Å². The molecule has 0 bridgehead atoms. The molecule has 0 saturated carbocycles. The summed E-state index contributed by atoms with van der Waals surface area (Å²) in [7, 11) is 0. The SMILES string of the molecule is CCc1n[nH]c2ncnc(N3CCN(c4cc(Cl)cc(OCCN(CC)CC)c4C)CC3)c12.Cl. The highest BCUT2D eigenvalue weighted by atomic mass is 35.5. The van der Waals surface area contributed by atoms with Crippen LogP contribution in [-0.2, 0) is 6.42 Å². The Morgan fingerprint density at radius 2 is 1.76 bits per heavy atom. The smallest absolute Gasteiger partial charge is 0.160 e. The van der Waals surface area contributed by atoms with Crippen LogP contribution < -0.4 is 14.5 Å². The highest BCUT2D eigenvalue weighted by Gasteiger charge is 2.24. The minimum Gasteiger partial charge on any atom is -0.492 e. The molecule has 3 heterocycles. The number of anilines is 2. The maximum absolute atomic E-state index is 6.49. The van der Waals surface area contributed by atoms with Gasteiger partial charge in [0.05, 0.1) is 11.1 Å². The Bertz CT molecular complexity index is 1080. The van der Waals surface area contributed by atoms with Gasteiger partial charge in [-0.1, -0.05) is 32.4 Å². The summed E-state index contributed by atoms with van der Waals surface area (Å²) in [6.45, 7) is 15.7. The maximum Gasteiger partial charge on any atom is 0.160 e. The predicted molar refractivity (Wildman–Crippen MR) is 142 cm³/mol. The van der Waals surface area contributed by atoms with E-state index in [1.807, 2.05) is 6.07 Å². The van der Waals surface area contributed by atoms with E-state index in [4.69, 9.17) is 16.3 Å². The highest BCUT2D eigenvalue weighted by molar-refractivity contribution is 6.31. The van der Waals surface area contributed by atoms with Crippen LogP contribution in [0.1, 0.15) is 32.0 Å². The van der Waals surface area contributed by atoms with Crippen molar-refractivity contribution in [3.05, 3.63) is 34.7 Å². The summed E-state index contributed by atoms with van der Waals surface area (Å²) in [6.07, 6.45) is 2.46. The number of nitrogens with one attached hydrogen (secondary N) is 1. The summed E-state index contributed by atoms with van der Waals surface area (Å²) >= 11 is 6.49. The van der Waals surface area contributed by atoms with Crippen molar-refractivity contribution in [2.24, 2.45) is 0 Å². The van der Waals surface area contributed by atoms with Crippen molar-refractivity contribution in [1.82, 2.24) is 25.1 Å². The second-order valence-electron chi connectivity index (χ2n) is 8.34. The number of piperazine rings is 1. The third-order valence-corrected chi connectivity index (χ3v) is 6.74. The van der Waals surface area contributed by atoms with E-state index in [1.165, 1.54) is 0 Å². The Kier molecular flexibility index (Phi) is 9.22. The maximum atomic E-state index is 6.49. The first-order chi connectivity index (χ1) is 16.0. The lowest BCUT2D eigenvalue weighted by Gasteiger charge is -2.37. The Hall–Kier alpha value is -2.29. The monoisotopic (exact) mass is 507 g/mol. The second kappa shape index (κ2) is 11.9. The first-order valence-corrected chi connectivity index (χ1v) is 12.3. The van der Waals surface area contributed by atoms with Gasteiger partial charge < -0.3 is 19.4 Å². The van der Waals surface area contributed by atoms with Crippen LogP contribution in [0.25, 0.3) is 11.0 Å². The number of ether oxygens (including phenoxy) is 1. The summed E-state index contributed by atoms with van der Waals surface area (Å²) in [5.41, 5.74) is 4.10. The number of benzene rings is 1. The van der Waals surface area contributed by atoms with Gasteiger partial charge in [-0.2, -0.15) is 5.10 Å². The minimum absolute atomic E-state index is 0. The standard InChI is InChI=1S/C24H34ClN7O.ClH/c1-5-19-22-23(29-28-19)26-16-27-24(22)32-10-8-31(9-11-32)20-14-18(25)15-21(17(20)4)33-13-12-30(6-2)7-3;/h14-16H,5-13H2,1-4H3,(H,26,27,28,29);1H. The van der Waals surface area contributed by atoms with E-state index >= 15 is 0 Å². The first-order valence-electron chi connectivity index (χ1n) is 11.9. The predicted octanol–water partition coefficient (Wildman–Crippen LogP) is 4.35. The average molecular weight is 508 g/mol. The molecule has 10 heteroatoms. The lowest BCUT2D eigenvalue weighted by atomic mass is 10.1. The third kappa shape index (κ3) is 5.50. The van der Waals surface area contributed by atoms with E-state index in [0.29, 0.717) is 11.6 Å². The number of fused-ring (bicyclic) bond motifs is 1. The molecule has 1 aliphatic heterocycles. The average Bonchev–Trinajstić information content (AvgIpc) is 3.27. The van der Waals surface area contributed by atoms with Gasteiger partial charge >= 0.3 is 0 Å². The fourth-order valence-electron chi connectivity index (χ4n) is 4.50. The largest absolute Gasteiger partial charge is 0.492 e. The quantitative estimate of drug-likeness (QED) is 0.461. The van der Waals surface area contributed by atoms with Crippen molar-refractivity contribution in [2.75, 3.05) is 62.2 Å². The number of aryl methyl sites for hydroxylation is 1. The fourth-order valence-corrected chi connectivity index (χ4v) is 4.70. The normalized spacial score (nSPS) is 14.1. The molecule has 1 aliphatic rings. The molecule has 1 saturated heterocycles. The van der Waals surface area contributed by atoms with Crippen LogP contribution in [0.2, 0.25) is 5.02 Å². The van der Waals surface area contributed by atoms with Crippen molar-refractivity contribution in [2.45, 2.75) is 34.1 Å². The van der Waals surface area contributed by atoms with Gasteiger partial charge in [0.25, 0.3) is 0 Å². The number of aromatic amines is 1. The molecule has 1 aromatic carbocycles. The lowest BCUT2D eigenvalue weighted by Crippen LogP contribution is -2.47. The van der Waals surface area contributed by atoms with Crippen LogP contribution in [0.15, 0.2) is 18.5 Å². The molecule has 0 atom stereocenters. The molecule has 0 aliphatic carbocycles. The first kappa shape index (κ1) is 26.3. The van der Waals surface area contributed by atoms with Crippen LogP contribution >= 0.6 is 24.0 Å². The summed E-state index contributed by atoms with van der Waals surface area (Å²) < 4.78 is 6.15. The molecule has 1 N–H and O–H groups in total. The molecule has 186 valence electrons.